The number of carbonyl (C=O) groups is 1. The van der Waals surface area contributed by atoms with Crippen LogP contribution in [0.2, 0.25) is 0 Å². The quantitative estimate of drug-likeness (QED) is 0.851. The zero-order valence-electron chi connectivity index (χ0n) is 12.1. The van der Waals surface area contributed by atoms with Gasteiger partial charge < -0.3 is 9.64 Å². The Kier molecular flexibility index (Phi) is 5.20. The summed E-state index contributed by atoms with van der Waals surface area (Å²) in [7, 11) is -3.25. The molecule has 0 spiro atoms. The van der Waals surface area contributed by atoms with Crippen molar-refractivity contribution in [3.8, 4) is 0 Å². The van der Waals surface area contributed by atoms with Gasteiger partial charge in [0.15, 0.2) is 0 Å². The number of nitrogens with one attached hydrogen (secondary N) is 1. The fraction of sp³-hybridized carbons (Fsp3) is 0.917. The summed E-state index contributed by atoms with van der Waals surface area (Å²) < 4.78 is 31.5. The molecule has 1 fully saturated rings. The van der Waals surface area contributed by atoms with E-state index in [2.05, 4.69) is 4.72 Å². The Labute approximate surface area is 115 Å². The molecule has 0 aromatic carbocycles. The average Bonchev–Trinajstić information content (AvgIpc) is 2.27. The van der Waals surface area contributed by atoms with Gasteiger partial charge in [0.1, 0.15) is 5.60 Å². The van der Waals surface area contributed by atoms with Gasteiger partial charge in [-0.1, -0.05) is 6.92 Å². The van der Waals surface area contributed by atoms with Gasteiger partial charge in [0.05, 0.1) is 5.25 Å². The third kappa shape index (κ3) is 4.99. The smallest absolute Gasteiger partial charge is 0.410 e. The number of nitrogens with zero attached hydrogens (tertiary/aromatic N) is 1. The molecule has 1 saturated heterocycles. The molecule has 1 aliphatic rings. The minimum atomic E-state index is -3.25. The van der Waals surface area contributed by atoms with Crippen molar-refractivity contribution in [1.82, 2.24) is 9.62 Å². The fourth-order valence-corrected chi connectivity index (χ4v) is 3.46. The molecule has 112 valence electrons. The summed E-state index contributed by atoms with van der Waals surface area (Å²) in [6, 6.07) is 0. The standard InChI is InChI=1S/C12H24N2O4S/c1-5-13-19(16,17)10-6-8-14(9-7-10)11(15)18-12(2,3)4/h10,13H,5-9H2,1-4H3. The second kappa shape index (κ2) is 6.09. The normalized spacial score (nSPS) is 18.4. The number of sulfonamides is 1. The number of amides is 1. The molecule has 0 bridgehead atoms. The molecule has 0 unspecified atom stereocenters. The van der Waals surface area contributed by atoms with Crippen LogP contribution >= 0.6 is 0 Å². The van der Waals surface area contributed by atoms with E-state index in [0.29, 0.717) is 32.5 Å². The molecule has 0 radical (unpaired) electrons. The van der Waals surface area contributed by atoms with E-state index in [0.717, 1.165) is 0 Å². The average molecular weight is 292 g/mol. The van der Waals surface area contributed by atoms with E-state index in [9.17, 15) is 13.2 Å². The number of carbonyl (C=O) groups excluding carboxylic acids is 1. The Morgan fingerprint density at radius 1 is 1.32 bits per heavy atom. The first-order chi connectivity index (χ1) is 8.65. The monoisotopic (exact) mass is 292 g/mol. The molecule has 0 aromatic rings. The summed E-state index contributed by atoms with van der Waals surface area (Å²) in [5.74, 6) is 0. The van der Waals surface area contributed by atoms with Crippen molar-refractivity contribution in [1.29, 1.82) is 0 Å². The molecular formula is C12H24N2O4S. The van der Waals surface area contributed by atoms with E-state index >= 15 is 0 Å². The fourth-order valence-electron chi connectivity index (χ4n) is 1.99. The summed E-state index contributed by atoms with van der Waals surface area (Å²) in [6.07, 6.45) is 0.537. The van der Waals surface area contributed by atoms with Gasteiger partial charge in [0, 0.05) is 19.6 Å². The Balaban J connectivity index is 2.52. The van der Waals surface area contributed by atoms with Crippen molar-refractivity contribution in [2.45, 2.75) is 51.4 Å². The molecule has 1 heterocycles. The summed E-state index contributed by atoms with van der Waals surface area (Å²) in [5, 5.41) is -0.411. The zero-order valence-corrected chi connectivity index (χ0v) is 12.9. The summed E-state index contributed by atoms with van der Waals surface area (Å²) in [6.45, 7) is 8.43. The van der Waals surface area contributed by atoms with Crippen molar-refractivity contribution in [3.05, 3.63) is 0 Å². The van der Waals surface area contributed by atoms with E-state index in [-0.39, 0.29) is 6.09 Å². The Morgan fingerprint density at radius 3 is 2.26 bits per heavy atom. The van der Waals surface area contributed by atoms with Crippen molar-refractivity contribution < 1.29 is 17.9 Å². The summed E-state index contributed by atoms with van der Waals surface area (Å²) in [4.78, 5) is 13.4. The molecule has 1 rings (SSSR count). The molecule has 1 amide bonds. The summed E-state index contributed by atoms with van der Waals surface area (Å²) >= 11 is 0. The van der Waals surface area contributed by atoms with Crippen LogP contribution in [0.4, 0.5) is 4.79 Å². The van der Waals surface area contributed by atoms with Gasteiger partial charge in [-0.15, -0.1) is 0 Å². The Hall–Kier alpha value is -0.820. The van der Waals surface area contributed by atoms with Crippen LogP contribution in [0.1, 0.15) is 40.5 Å². The molecule has 1 aliphatic heterocycles. The molecule has 1 N–H and O–H groups in total. The van der Waals surface area contributed by atoms with Gasteiger partial charge in [-0.3, -0.25) is 0 Å². The number of piperidine rings is 1. The van der Waals surface area contributed by atoms with E-state index in [1.54, 1.807) is 11.8 Å². The number of likely N-dealkylation sites (tertiary alicyclic amines) is 1. The van der Waals surface area contributed by atoms with Crippen molar-refractivity contribution in [2.75, 3.05) is 19.6 Å². The van der Waals surface area contributed by atoms with Gasteiger partial charge >= 0.3 is 6.09 Å². The largest absolute Gasteiger partial charge is 0.444 e. The maximum absolute atomic E-state index is 11.8. The molecule has 0 atom stereocenters. The van der Waals surface area contributed by atoms with Crippen LogP contribution in [0.3, 0.4) is 0 Å². The Morgan fingerprint density at radius 2 is 1.84 bits per heavy atom. The van der Waals surface area contributed by atoms with Gasteiger partial charge in [0.25, 0.3) is 0 Å². The lowest BCUT2D eigenvalue weighted by Gasteiger charge is -2.33. The van der Waals surface area contributed by atoms with E-state index in [1.807, 2.05) is 20.8 Å². The van der Waals surface area contributed by atoms with Crippen LogP contribution in [-0.4, -0.2) is 49.9 Å². The maximum Gasteiger partial charge on any atom is 0.410 e. The molecular weight excluding hydrogens is 268 g/mol. The van der Waals surface area contributed by atoms with E-state index in [4.69, 9.17) is 4.74 Å². The summed E-state index contributed by atoms with van der Waals surface area (Å²) in [5.41, 5.74) is -0.524. The lowest BCUT2D eigenvalue weighted by Crippen LogP contribution is -2.46. The molecule has 0 saturated carbocycles. The number of hydrogen-bond donors (Lipinski definition) is 1. The van der Waals surface area contributed by atoms with Crippen LogP contribution in [0, 0.1) is 0 Å². The topological polar surface area (TPSA) is 75.7 Å². The van der Waals surface area contributed by atoms with Gasteiger partial charge in [-0.05, 0) is 33.6 Å². The van der Waals surface area contributed by atoms with Crippen LogP contribution in [0.5, 0.6) is 0 Å². The second-order valence-corrected chi connectivity index (χ2v) is 7.76. The third-order valence-corrected chi connectivity index (χ3v) is 4.92. The first-order valence-electron chi connectivity index (χ1n) is 6.62. The first-order valence-corrected chi connectivity index (χ1v) is 8.17. The molecule has 7 heteroatoms. The van der Waals surface area contributed by atoms with Gasteiger partial charge in [0.2, 0.25) is 10.0 Å². The molecule has 0 aromatic heterocycles. The second-order valence-electron chi connectivity index (χ2n) is 5.71. The molecule has 6 nitrogen and oxygen atoms in total. The number of ether oxygens (including phenoxy) is 1. The highest BCUT2D eigenvalue weighted by Crippen LogP contribution is 2.19. The van der Waals surface area contributed by atoms with Crippen LogP contribution in [0.25, 0.3) is 0 Å². The predicted molar refractivity (Wildman–Crippen MR) is 73.4 cm³/mol. The highest BCUT2D eigenvalue weighted by atomic mass is 32.2. The maximum atomic E-state index is 11.8. The third-order valence-electron chi connectivity index (χ3n) is 2.88. The van der Waals surface area contributed by atoms with Crippen LogP contribution < -0.4 is 4.72 Å². The highest BCUT2D eigenvalue weighted by molar-refractivity contribution is 7.90. The van der Waals surface area contributed by atoms with Crippen LogP contribution in [0.15, 0.2) is 0 Å². The van der Waals surface area contributed by atoms with Crippen LogP contribution in [-0.2, 0) is 14.8 Å². The lowest BCUT2D eigenvalue weighted by molar-refractivity contribution is 0.0217. The van der Waals surface area contributed by atoms with E-state index in [1.165, 1.54) is 0 Å². The van der Waals surface area contributed by atoms with Crippen molar-refractivity contribution >= 4 is 16.1 Å². The van der Waals surface area contributed by atoms with Crippen molar-refractivity contribution in [2.24, 2.45) is 0 Å². The van der Waals surface area contributed by atoms with Gasteiger partial charge in [-0.25, -0.2) is 17.9 Å². The predicted octanol–water partition coefficient (Wildman–Crippen LogP) is 1.33. The Bertz CT molecular complexity index is 406. The molecule has 0 aliphatic carbocycles. The lowest BCUT2D eigenvalue weighted by atomic mass is 10.1. The highest BCUT2D eigenvalue weighted by Gasteiger charge is 2.32. The van der Waals surface area contributed by atoms with Gasteiger partial charge in [-0.2, -0.15) is 0 Å². The minimum Gasteiger partial charge on any atom is -0.444 e. The SMILES string of the molecule is CCNS(=O)(=O)C1CCN(C(=O)OC(C)(C)C)CC1. The minimum absolute atomic E-state index is 0.369. The van der Waals surface area contributed by atoms with E-state index < -0.39 is 20.9 Å². The number of rotatable bonds is 3. The van der Waals surface area contributed by atoms with Crippen molar-refractivity contribution in [3.63, 3.8) is 0 Å². The first kappa shape index (κ1) is 16.2. The number of hydrogen-bond acceptors (Lipinski definition) is 4. The molecule has 19 heavy (non-hydrogen) atoms. The zero-order chi connectivity index (χ0) is 14.7.